The van der Waals surface area contributed by atoms with Crippen LogP contribution < -0.4 is 4.74 Å². The van der Waals surface area contributed by atoms with E-state index in [-0.39, 0.29) is 58.1 Å². The number of hydrogen-bond acceptors (Lipinski definition) is 9. The van der Waals surface area contributed by atoms with Crippen LogP contribution in [-0.2, 0) is 20.7 Å². The first-order valence-corrected chi connectivity index (χ1v) is 21.2. The van der Waals surface area contributed by atoms with E-state index < -0.39 is 5.41 Å². The Labute approximate surface area is 329 Å². The summed E-state index contributed by atoms with van der Waals surface area (Å²) < 4.78 is 17.6. The summed E-state index contributed by atoms with van der Waals surface area (Å²) in [5.41, 5.74) is 2.97. The minimum absolute atomic E-state index is 0.0349. The lowest BCUT2D eigenvalue weighted by molar-refractivity contribution is -0.233. The number of rotatable bonds is 11. The molecule has 2 aromatic rings. The average Bonchev–Trinajstić information content (AvgIpc) is 3.72. The molecular weight excluding hydrogens is 691 g/mol. The Kier molecular flexibility index (Phi) is 10.3. The number of aryl methyl sites for hydroxylation is 1. The molecule has 1 N–H and O–H groups in total. The lowest BCUT2D eigenvalue weighted by atomic mass is 9.33. The van der Waals surface area contributed by atoms with Crippen molar-refractivity contribution in [1.29, 1.82) is 0 Å². The van der Waals surface area contributed by atoms with Crippen LogP contribution in [0.2, 0.25) is 0 Å². The third kappa shape index (κ3) is 6.50. The predicted molar refractivity (Wildman–Crippen MR) is 212 cm³/mol. The van der Waals surface area contributed by atoms with Crippen LogP contribution in [0.25, 0.3) is 11.6 Å². The van der Waals surface area contributed by atoms with Gasteiger partial charge in [0.15, 0.2) is 5.78 Å². The molecule has 0 saturated heterocycles. The van der Waals surface area contributed by atoms with Crippen molar-refractivity contribution in [2.75, 3.05) is 13.7 Å². The van der Waals surface area contributed by atoms with E-state index in [2.05, 4.69) is 63.6 Å². The highest BCUT2D eigenvalue weighted by Gasteiger charge is 2.70. The van der Waals surface area contributed by atoms with Gasteiger partial charge in [0.25, 0.3) is 5.89 Å². The number of methoxy groups -OCH3 is 1. The first-order valence-electron chi connectivity index (χ1n) is 21.2. The van der Waals surface area contributed by atoms with E-state index >= 15 is 0 Å². The van der Waals surface area contributed by atoms with Gasteiger partial charge in [-0.15, -0.1) is 10.2 Å². The van der Waals surface area contributed by atoms with Crippen LogP contribution in [0.1, 0.15) is 145 Å². The van der Waals surface area contributed by atoms with Crippen LogP contribution in [0.15, 0.2) is 33.9 Å². The number of pyridine rings is 1. The molecule has 2 aromatic heterocycles. The van der Waals surface area contributed by atoms with Gasteiger partial charge in [0.1, 0.15) is 17.5 Å². The molecule has 55 heavy (non-hydrogen) atoms. The van der Waals surface area contributed by atoms with E-state index in [1.165, 1.54) is 18.4 Å². The highest BCUT2D eigenvalue weighted by Crippen LogP contribution is 2.77. The quantitative estimate of drug-likeness (QED) is 0.223. The van der Waals surface area contributed by atoms with Gasteiger partial charge in [-0.1, -0.05) is 67.9 Å². The molecule has 4 saturated carbocycles. The number of carbonyl (C=O) groups excluding carboxylic acids is 2. The predicted octanol–water partition coefficient (Wildman–Crippen LogP) is 9.76. The first-order chi connectivity index (χ1) is 25.8. The number of Topliss-reactive ketones (excluding diaryl/α,β-unsaturated/α-hetero) is 1. The van der Waals surface area contributed by atoms with Crippen molar-refractivity contribution in [3.63, 3.8) is 0 Å². The number of fused-ring (bicyclic) bond motifs is 7. The van der Waals surface area contributed by atoms with Crippen molar-refractivity contribution in [2.45, 2.75) is 152 Å². The highest BCUT2D eigenvalue weighted by atomic mass is 16.5. The Morgan fingerprint density at radius 2 is 1.75 bits per heavy atom. The number of carbonyl (C=O) groups is 2. The van der Waals surface area contributed by atoms with Crippen LogP contribution in [0.5, 0.6) is 5.75 Å². The molecule has 302 valence electrons. The Balaban J connectivity index is 1.11. The van der Waals surface area contributed by atoms with Crippen molar-refractivity contribution in [3.05, 3.63) is 35.4 Å². The lowest BCUT2D eigenvalue weighted by Crippen LogP contribution is -2.65. The Morgan fingerprint density at radius 3 is 2.42 bits per heavy atom. The smallest absolute Gasteiger partial charge is 0.306 e. The molecule has 0 aromatic carbocycles. The van der Waals surface area contributed by atoms with E-state index in [0.717, 1.165) is 56.9 Å². The number of hydrogen-bond donors (Lipinski definition) is 1. The summed E-state index contributed by atoms with van der Waals surface area (Å²) in [4.78, 5) is 31.7. The van der Waals surface area contributed by atoms with Gasteiger partial charge in [0.2, 0.25) is 5.89 Å². The van der Waals surface area contributed by atoms with E-state index in [0.29, 0.717) is 59.6 Å². The maximum Gasteiger partial charge on any atom is 0.306 e. The molecular formula is C46H67N3O6. The van der Waals surface area contributed by atoms with Gasteiger partial charge in [-0.2, -0.15) is 0 Å². The number of aliphatic hydroxyl groups is 1. The average molecular weight is 758 g/mol. The summed E-state index contributed by atoms with van der Waals surface area (Å²) in [6.45, 7) is 20.8. The zero-order chi connectivity index (χ0) is 39.8. The van der Waals surface area contributed by atoms with Gasteiger partial charge in [-0.05, 0) is 133 Å². The fourth-order valence-electron chi connectivity index (χ4n) is 13.5. The minimum Gasteiger partial charge on any atom is -0.495 e. The minimum atomic E-state index is -0.480. The summed E-state index contributed by atoms with van der Waals surface area (Å²) in [5, 5.41) is 18.4. The van der Waals surface area contributed by atoms with Crippen molar-refractivity contribution in [2.24, 2.45) is 56.2 Å². The number of aromatic nitrogens is 3. The number of ketones is 1. The van der Waals surface area contributed by atoms with Crippen molar-refractivity contribution < 1.29 is 28.6 Å². The molecule has 8 unspecified atom stereocenters. The summed E-state index contributed by atoms with van der Waals surface area (Å²) >= 11 is 0. The molecule has 0 amide bonds. The van der Waals surface area contributed by atoms with Gasteiger partial charge >= 0.3 is 5.97 Å². The van der Waals surface area contributed by atoms with Gasteiger partial charge in [0.05, 0.1) is 19.7 Å². The number of allylic oxidation sites excluding steroid dienone is 2. The standard InChI is InChI=1S/C46H67N3O6/c1-28(2)38-32(51)24-46(19-11-12-36-48-49-40(55-36)31-15-13-29(53-10)26-47-31)23-22-44(8)30(39(38)46)14-16-34-43(7)20-18-35(54-37(52)25-41(3,4)27-50)42(5,6)33(43)17-21-45(34,44)9/h13,15,26,28,30,33-35,50H,11-12,14,16-25,27H2,1-10H3. The fourth-order valence-corrected chi connectivity index (χ4v) is 13.5. The maximum atomic E-state index is 14.1. The molecule has 0 radical (unpaired) electrons. The monoisotopic (exact) mass is 758 g/mol. The normalized spacial score (nSPS) is 35.5. The molecule has 9 nitrogen and oxygen atoms in total. The van der Waals surface area contributed by atoms with Crippen molar-refractivity contribution in [3.8, 4) is 17.3 Å². The molecule has 7 rings (SSSR count). The number of esters is 1. The second kappa shape index (κ2) is 14.1. The Bertz CT molecular complexity index is 1810. The number of aliphatic hydroxyl groups excluding tert-OH is 1. The molecule has 0 spiro atoms. The molecule has 0 aliphatic heterocycles. The summed E-state index contributed by atoms with van der Waals surface area (Å²) in [6, 6.07) is 3.67. The lowest BCUT2D eigenvalue weighted by Gasteiger charge is -2.72. The van der Waals surface area contributed by atoms with Gasteiger partial charge in [-0.3, -0.25) is 9.59 Å². The zero-order valence-corrected chi connectivity index (χ0v) is 35.3. The van der Waals surface area contributed by atoms with Crippen LogP contribution in [0.4, 0.5) is 0 Å². The number of nitrogens with zero attached hydrogens (tertiary/aromatic N) is 3. The molecule has 8 atom stereocenters. The van der Waals surface area contributed by atoms with Gasteiger partial charge in [0, 0.05) is 24.9 Å². The van der Waals surface area contributed by atoms with E-state index in [9.17, 15) is 14.7 Å². The fraction of sp³-hybridized carbons (Fsp3) is 0.761. The van der Waals surface area contributed by atoms with E-state index in [1.807, 2.05) is 26.0 Å². The first kappa shape index (κ1) is 40.1. The van der Waals surface area contributed by atoms with Crippen LogP contribution in [0, 0.1) is 56.2 Å². The van der Waals surface area contributed by atoms with Crippen LogP contribution in [-0.4, -0.2) is 51.9 Å². The second-order valence-corrected chi connectivity index (χ2v) is 20.8. The third-order valence-electron chi connectivity index (χ3n) is 16.5. The highest BCUT2D eigenvalue weighted by molar-refractivity contribution is 6.00. The van der Waals surface area contributed by atoms with Crippen molar-refractivity contribution in [1.82, 2.24) is 15.2 Å². The van der Waals surface area contributed by atoms with Crippen LogP contribution >= 0.6 is 0 Å². The SMILES string of the molecule is COc1ccc(-c2nnc(CCCC34CCC5(C)C(CCC6C7(C)CCC(OC(=O)CC(C)(C)CO)C(C)(C)C7CCC65C)C3=C(C(C)C)C(=O)C4)o2)nc1. The summed E-state index contributed by atoms with van der Waals surface area (Å²) in [7, 11) is 1.62. The van der Waals surface area contributed by atoms with Crippen molar-refractivity contribution >= 4 is 11.8 Å². The number of ether oxygens (including phenoxy) is 2. The molecule has 0 bridgehead atoms. The van der Waals surface area contributed by atoms with Gasteiger partial charge < -0.3 is 19.0 Å². The van der Waals surface area contributed by atoms with E-state index in [1.54, 1.807) is 13.3 Å². The largest absolute Gasteiger partial charge is 0.495 e. The van der Waals surface area contributed by atoms with E-state index in [4.69, 9.17) is 13.9 Å². The molecule has 5 aliphatic carbocycles. The summed E-state index contributed by atoms with van der Waals surface area (Å²) in [6.07, 6.45) is 13.7. The molecule has 2 heterocycles. The van der Waals surface area contributed by atoms with Gasteiger partial charge in [-0.25, -0.2) is 4.98 Å². The summed E-state index contributed by atoms with van der Waals surface area (Å²) in [5.74, 6) is 3.54. The zero-order valence-electron chi connectivity index (χ0n) is 35.3. The topological polar surface area (TPSA) is 125 Å². The Morgan fingerprint density at radius 1 is 0.982 bits per heavy atom. The molecule has 9 heteroatoms. The second-order valence-electron chi connectivity index (χ2n) is 20.8. The Hall–Kier alpha value is -3.07. The third-order valence-corrected chi connectivity index (χ3v) is 16.5. The molecule has 4 fully saturated rings. The van der Waals surface area contributed by atoms with Crippen LogP contribution in [0.3, 0.4) is 0 Å². The molecule has 5 aliphatic rings. The maximum absolute atomic E-state index is 14.1.